The van der Waals surface area contributed by atoms with Gasteiger partial charge in [0.25, 0.3) is 0 Å². The highest BCUT2D eigenvalue weighted by Gasteiger charge is 2.42. The summed E-state index contributed by atoms with van der Waals surface area (Å²) >= 11 is 0. The summed E-state index contributed by atoms with van der Waals surface area (Å²) in [7, 11) is 0. The number of nitrogens with one attached hydrogen (secondary N) is 1. The Hall–Kier alpha value is -1.55. The minimum Gasteiger partial charge on any atom is -0.487 e. The number of hydrogen-bond donors (Lipinski definition) is 1. The van der Waals surface area contributed by atoms with E-state index in [0.717, 1.165) is 51.2 Å². The van der Waals surface area contributed by atoms with Crippen molar-refractivity contribution in [2.45, 2.75) is 51.0 Å². The monoisotopic (exact) mass is 316 g/mol. The number of fused-ring (bicyclic) bond motifs is 1. The van der Waals surface area contributed by atoms with Crippen LogP contribution in [0.1, 0.15) is 51.0 Å². The highest BCUT2D eigenvalue weighted by Crippen LogP contribution is 2.45. The first-order valence-electron chi connectivity index (χ1n) is 8.94. The molecule has 1 N–H and O–H groups in total. The number of hydrogen-bond acceptors (Lipinski definition) is 3. The van der Waals surface area contributed by atoms with Gasteiger partial charge in [0.15, 0.2) is 0 Å². The Balaban J connectivity index is 1.84. The van der Waals surface area contributed by atoms with Gasteiger partial charge < -0.3 is 15.0 Å². The van der Waals surface area contributed by atoms with Crippen LogP contribution in [0.15, 0.2) is 24.3 Å². The average molecular weight is 316 g/mol. The molecule has 1 saturated heterocycles. The molecule has 0 saturated carbocycles. The number of piperidine rings is 1. The van der Waals surface area contributed by atoms with E-state index in [0.29, 0.717) is 6.42 Å². The topological polar surface area (TPSA) is 41.6 Å². The van der Waals surface area contributed by atoms with Gasteiger partial charge in [-0.2, -0.15) is 0 Å². The number of ether oxygens (including phenoxy) is 1. The lowest BCUT2D eigenvalue weighted by molar-refractivity contribution is -0.131. The summed E-state index contributed by atoms with van der Waals surface area (Å²) in [6.07, 6.45) is 3.60. The van der Waals surface area contributed by atoms with E-state index in [9.17, 15) is 4.79 Å². The summed E-state index contributed by atoms with van der Waals surface area (Å²) < 4.78 is 6.42. The SMILES string of the molecule is CCN(CC)C(=O)CC1CC2(CCNCC2)Oc2ccccc21. The summed E-state index contributed by atoms with van der Waals surface area (Å²) in [6, 6.07) is 8.27. The predicted octanol–water partition coefficient (Wildman–Crippen LogP) is 2.93. The number of carbonyl (C=O) groups excluding carboxylic acids is 1. The Morgan fingerprint density at radius 3 is 2.65 bits per heavy atom. The highest BCUT2D eigenvalue weighted by molar-refractivity contribution is 5.77. The molecule has 1 aromatic carbocycles. The second-order valence-electron chi connectivity index (χ2n) is 6.74. The molecule has 4 heteroatoms. The molecule has 2 heterocycles. The molecule has 1 aromatic rings. The third-order valence-electron chi connectivity index (χ3n) is 5.36. The van der Waals surface area contributed by atoms with Crippen LogP contribution in [0, 0.1) is 0 Å². The smallest absolute Gasteiger partial charge is 0.223 e. The fourth-order valence-corrected chi connectivity index (χ4v) is 4.03. The molecule has 0 radical (unpaired) electrons. The zero-order valence-corrected chi connectivity index (χ0v) is 14.3. The molecule has 23 heavy (non-hydrogen) atoms. The van der Waals surface area contributed by atoms with E-state index in [-0.39, 0.29) is 17.4 Å². The highest BCUT2D eigenvalue weighted by atomic mass is 16.5. The van der Waals surface area contributed by atoms with Gasteiger partial charge in [0, 0.05) is 25.4 Å². The first-order valence-corrected chi connectivity index (χ1v) is 8.94. The van der Waals surface area contributed by atoms with E-state index in [1.807, 2.05) is 24.8 Å². The van der Waals surface area contributed by atoms with Crippen molar-refractivity contribution in [1.29, 1.82) is 0 Å². The molecule has 1 spiro atoms. The summed E-state index contributed by atoms with van der Waals surface area (Å²) in [6.45, 7) is 7.67. The van der Waals surface area contributed by atoms with E-state index < -0.39 is 0 Å². The largest absolute Gasteiger partial charge is 0.487 e. The number of rotatable bonds is 4. The van der Waals surface area contributed by atoms with Crippen LogP contribution in [0.3, 0.4) is 0 Å². The molecule has 2 aliphatic rings. The van der Waals surface area contributed by atoms with Gasteiger partial charge in [-0.25, -0.2) is 0 Å². The molecule has 0 bridgehead atoms. The number of amides is 1. The first-order chi connectivity index (χ1) is 11.2. The summed E-state index contributed by atoms with van der Waals surface area (Å²) in [5.74, 6) is 1.52. The quantitative estimate of drug-likeness (QED) is 0.928. The number of carbonyl (C=O) groups is 1. The molecule has 1 amide bonds. The van der Waals surface area contributed by atoms with Gasteiger partial charge in [0.2, 0.25) is 5.91 Å². The van der Waals surface area contributed by atoms with Crippen molar-refractivity contribution in [3.8, 4) is 5.75 Å². The van der Waals surface area contributed by atoms with Crippen LogP contribution in [0.4, 0.5) is 0 Å². The second kappa shape index (κ2) is 6.91. The second-order valence-corrected chi connectivity index (χ2v) is 6.74. The van der Waals surface area contributed by atoms with Crippen molar-refractivity contribution in [3.63, 3.8) is 0 Å². The lowest BCUT2D eigenvalue weighted by Crippen LogP contribution is -2.49. The van der Waals surface area contributed by atoms with Gasteiger partial charge in [-0.15, -0.1) is 0 Å². The normalized spacial score (nSPS) is 22.3. The van der Waals surface area contributed by atoms with Crippen molar-refractivity contribution in [3.05, 3.63) is 29.8 Å². The summed E-state index contributed by atoms with van der Waals surface area (Å²) in [4.78, 5) is 14.6. The lowest BCUT2D eigenvalue weighted by Gasteiger charge is -2.45. The Labute approximate surface area is 139 Å². The third-order valence-corrected chi connectivity index (χ3v) is 5.36. The fourth-order valence-electron chi connectivity index (χ4n) is 4.03. The third kappa shape index (κ3) is 3.37. The fraction of sp³-hybridized carbons (Fsp3) is 0.632. The van der Waals surface area contributed by atoms with Gasteiger partial charge in [-0.3, -0.25) is 4.79 Å². The van der Waals surface area contributed by atoms with Gasteiger partial charge in [0.05, 0.1) is 0 Å². The lowest BCUT2D eigenvalue weighted by atomic mass is 9.76. The first kappa shape index (κ1) is 16.3. The Bertz CT molecular complexity index is 548. The standard InChI is InChI=1S/C19H28N2O2/c1-3-21(4-2)18(22)13-15-14-19(9-11-20-12-10-19)23-17-8-6-5-7-16(15)17/h5-8,15,20H,3-4,9-14H2,1-2H3. The molecule has 0 aliphatic carbocycles. The van der Waals surface area contributed by atoms with Crippen molar-refractivity contribution in [2.24, 2.45) is 0 Å². The van der Waals surface area contributed by atoms with Crippen LogP contribution in [-0.4, -0.2) is 42.6 Å². The summed E-state index contributed by atoms with van der Waals surface area (Å²) in [5.41, 5.74) is 1.12. The molecule has 3 rings (SSSR count). The van der Waals surface area contributed by atoms with Crippen LogP contribution in [0.2, 0.25) is 0 Å². The van der Waals surface area contributed by atoms with Crippen molar-refractivity contribution < 1.29 is 9.53 Å². The Kier molecular flexibility index (Phi) is 4.90. The van der Waals surface area contributed by atoms with Gasteiger partial charge in [-0.05, 0) is 57.8 Å². The molecule has 2 aliphatic heterocycles. The summed E-state index contributed by atoms with van der Waals surface area (Å²) in [5, 5.41) is 3.42. The maximum Gasteiger partial charge on any atom is 0.223 e. The molecule has 1 unspecified atom stereocenters. The Morgan fingerprint density at radius 2 is 1.96 bits per heavy atom. The molecule has 126 valence electrons. The zero-order valence-electron chi connectivity index (χ0n) is 14.3. The minimum atomic E-state index is -0.0895. The molecule has 4 nitrogen and oxygen atoms in total. The zero-order chi connectivity index (χ0) is 16.3. The Morgan fingerprint density at radius 1 is 1.26 bits per heavy atom. The minimum absolute atomic E-state index is 0.0895. The van der Waals surface area contributed by atoms with E-state index >= 15 is 0 Å². The molecule has 1 atom stereocenters. The number of nitrogens with zero attached hydrogens (tertiary/aromatic N) is 1. The van der Waals surface area contributed by atoms with E-state index in [1.54, 1.807) is 0 Å². The predicted molar refractivity (Wildman–Crippen MR) is 91.8 cm³/mol. The van der Waals surface area contributed by atoms with E-state index in [2.05, 4.69) is 23.5 Å². The number of benzene rings is 1. The van der Waals surface area contributed by atoms with E-state index in [1.165, 1.54) is 5.56 Å². The van der Waals surface area contributed by atoms with Crippen LogP contribution < -0.4 is 10.1 Å². The molecule has 0 aromatic heterocycles. The van der Waals surface area contributed by atoms with Crippen LogP contribution in [-0.2, 0) is 4.79 Å². The maximum atomic E-state index is 12.6. The van der Waals surface area contributed by atoms with Gasteiger partial charge >= 0.3 is 0 Å². The van der Waals surface area contributed by atoms with Crippen molar-refractivity contribution >= 4 is 5.91 Å². The maximum absolute atomic E-state index is 12.6. The van der Waals surface area contributed by atoms with Crippen molar-refractivity contribution in [1.82, 2.24) is 10.2 Å². The van der Waals surface area contributed by atoms with E-state index in [4.69, 9.17) is 4.74 Å². The molecular weight excluding hydrogens is 288 g/mol. The molecule has 1 fully saturated rings. The van der Waals surface area contributed by atoms with Gasteiger partial charge in [0.1, 0.15) is 11.4 Å². The van der Waals surface area contributed by atoms with Crippen LogP contribution in [0.25, 0.3) is 0 Å². The van der Waals surface area contributed by atoms with Gasteiger partial charge in [-0.1, -0.05) is 18.2 Å². The van der Waals surface area contributed by atoms with Crippen LogP contribution in [0.5, 0.6) is 5.75 Å². The molecular formula is C19H28N2O2. The van der Waals surface area contributed by atoms with Crippen molar-refractivity contribution in [2.75, 3.05) is 26.2 Å². The average Bonchev–Trinajstić information content (AvgIpc) is 2.56. The number of para-hydroxylation sites is 1. The van der Waals surface area contributed by atoms with Crippen LogP contribution >= 0.6 is 0 Å².